The third kappa shape index (κ3) is 10.5. The predicted octanol–water partition coefficient (Wildman–Crippen LogP) is 4.08. The van der Waals surface area contributed by atoms with Crippen molar-refractivity contribution in [1.29, 1.82) is 0 Å². The number of carbonyl (C=O) groups is 2. The summed E-state index contributed by atoms with van der Waals surface area (Å²) in [4.78, 5) is 34.1. The van der Waals surface area contributed by atoms with Crippen LogP contribution in [0.15, 0.2) is 30.3 Å². The molecule has 0 aliphatic rings. The van der Waals surface area contributed by atoms with Crippen molar-refractivity contribution in [1.82, 2.24) is 5.32 Å². The molecule has 0 bridgehead atoms. The van der Waals surface area contributed by atoms with Crippen LogP contribution >= 0.6 is 7.37 Å². The fourth-order valence-corrected chi connectivity index (χ4v) is 4.53. The molecular weight excluding hydrogens is 379 g/mol. The van der Waals surface area contributed by atoms with Gasteiger partial charge in [0.25, 0.3) is 0 Å². The summed E-state index contributed by atoms with van der Waals surface area (Å²) in [5.74, 6) is -0.840. The molecule has 2 amide bonds. The van der Waals surface area contributed by atoms with Crippen molar-refractivity contribution >= 4 is 25.1 Å². The summed E-state index contributed by atoms with van der Waals surface area (Å²) in [6, 6.07) is 9.00. The molecule has 0 radical (unpaired) electrons. The Morgan fingerprint density at radius 1 is 1.18 bits per heavy atom. The SMILES string of the molecule is CC(CCP(=O)(O)CC(C)C(=O)Nc1ccccc1)CNC(=O)OC(C)(C)C. The average molecular weight is 412 g/mol. The van der Waals surface area contributed by atoms with Gasteiger partial charge >= 0.3 is 6.09 Å². The maximum atomic E-state index is 12.5. The second kappa shape index (κ2) is 10.6. The van der Waals surface area contributed by atoms with Gasteiger partial charge in [-0.1, -0.05) is 32.0 Å². The first-order valence-corrected chi connectivity index (χ1v) is 11.5. The van der Waals surface area contributed by atoms with E-state index in [1.165, 1.54) is 0 Å². The number of anilines is 1. The van der Waals surface area contributed by atoms with Crippen molar-refractivity contribution in [2.75, 3.05) is 24.2 Å². The van der Waals surface area contributed by atoms with E-state index in [9.17, 15) is 19.0 Å². The highest BCUT2D eigenvalue weighted by molar-refractivity contribution is 7.58. The lowest BCUT2D eigenvalue weighted by molar-refractivity contribution is -0.118. The van der Waals surface area contributed by atoms with Gasteiger partial charge in [0.05, 0.1) is 0 Å². The molecule has 0 saturated heterocycles. The van der Waals surface area contributed by atoms with Crippen LogP contribution in [0, 0.1) is 11.8 Å². The summed E-state index contributed by atoms with van der Waals surface area (Å²) in [6.45, 7) is 9.25. The van der Waals surface area contributed by atoms with Crippen LogP contribution in [0.25, 0.3) is 0 Å². The zero-order valence-electron chi connectivity index (χ0n) is 17.4. The van der Waals surface area contributed by atoms with Crippen LogP contribution in [0.1, 0.15) is 41.0 Å². The van der Waals surface area contributed by atoms with E-state index in [0.29, 0.717) is 18.7 Å². The van der Waals surface area contributed by atoms with E-state index < -0.39 is 25.0 Å². The Morgan fingerprint density at radius 3 is 2.36 bits per heavy atom. The summed E-state index contributed by atoms with van der Waals surface area (Å²) in [7, 11) is -3.45. The van der Waals surface area contributed by atoms with Crippen molar-refractivity contribution in [3.05, 3.63) is 30.3 Å². The minimum Gasteiger partial charge on any atom is -0.444 e. The molecule has 0 aliphatic carbocycles. The number of hydrogen-bond acceptors (Lipinski definition) is 4. The molecule has 0 aliphatic heterocycles. The number of nitrogens with one attached hydrogen (secondary N) is 2. The Kier molecular flexibility index (Phi) is 9.18. The Balaban J connectivity index is 2.38. The van der Waals surface area contributed by atoms with E-state index in [4.69, 9.17) is 4.74 Å². The molecule has 0 aromatic heterocycles. The van der Waals surface area contributed by atoms with Gasteiger partial charge in [-0.3, -0.25) is 9.36 Å². The lowest BCUT2D eigenvalue weighted by Crippen LogP contribution is -2.35. The molecule has 3 unspecified atom stereocenters. The number of amides is 2. The summed E-state index contributed by atoms with van der Waals surface area (Å²) >= 11 is 0. The smallest absolute Gasteiger partial charge is 0.407 e. The van der Waals surface area contributed by atoms with Crippen LogP contribution in [0.3, 0.4) is 0 Å². The van der Waals surface area contributed by atoms with Crippen molar-refractivity contribution in [3.63, 3.8) is 0 Å². The van der Waals surface area contributed by atoms with Gasteiger partial charge in [0.15, 0.2) is 0 Å². The Labute approximate surface area is 167 Å². The van der Waals surface area contributed by atoms with Crippen LogP contribution < -0.4 is 10.6 Å². The lowest BCUT2D eigenvalue weighted by atomic mass is 10.1. The average Bonchev–Trinajstić information content (AvgIpc) is 2.57. The molecule has 1 aromatic rings. The normalized spacial score (nSPS) is 15.8. The second-order valence-electron chi connectivity index (χ2n) is 8.29. The molecule has 0 fully saturated rings. The summed E-state index contributed by atoms with van der Waals surface area (Å²) < 4.78 is 17.6. The molecule has 0 heterocycles. The van der Waals surface area contributed by atoms with Crippen LogP contribution in [-0.4, -0.2) is 41.4 Å². The number of para-hydroxylation sites is 1. The van der Waals surface area contributed by atoms with E-state index in [0.717, 1.165) is 0 Å². The van der Waals surface area contributed by atoms with Gasteiger partial charge in [0.1, 0.15) is 5.60 Å². The summed E-state index contributed by atoms with van der Waals surface area (Å²) in [5, 5.41) is 5.41. The zero-order chi connectivity index (χ0) is 21.4. The molecule has 8 heteroatoms. The minimum absolute atomic E-state index is 0.0152. The molecule has 3 N–H and O–H groups in total. The highest BCUT2D eigenvalue weighted by atomic mass is 31.2. The molecular formula is C20H33N2O5P. The van der Waals surface area contributed by atoms with Gasteiger partial charge in [-0.15, -0.1) is 0 Å². The van der Waals surface area contributed by atoms with Crippen LogP contribution in [0.2, 0.25) is 0 Å². The van der Waals surface area contributed by atoms with E-state index >= 15 is 0 Å². The monoisotopic (exact) mass is 412 g/mol. The zero-order valence-corrected chi connectivity index (χ0v) is 18.3. The number of alkyl carbamates (subject to hydrolysis) is 1. The largest absolute Gasteiger partial charge is 0.444 e. The molecule has 1 aromatic carbocycles. The van der Waals surface area contributed by atoms with Crippen molar-refractivity contribution in [2.45, 2.75) is 46.6 Å². The van der Waals surface area contributed by atoms with E-state index in [2.05, 4.69) is 10.6 Å². The quantitative estimate of drug-likeness (QED) is 0.530. The van der Waals surface area contributed by atoms with Gasteiger partial charge in [-0.2, -0.15) is 0 Å². The van der Waals surface area contributed by atoms with Crippen molar-refractivity contribution in [2.24, 2.45) is 11.8 Å². The van der Waals surface area contributed by atoms with Gasteiger partial charge < -0.3 is 20.3 Å². The van der Waals surface area contributed by atoms with E-state index in [1.807, 2.05) is 25.1 Å². The highest BCUT2D eigenvalue weighted by Gasteiger charge is 2.26. The fourth-order valence-electron chi connectivity index (χ4n) is 2.48. The lowest BCUT2D eigenvalue weighted by Gasteiger charge is -2.21. The summed E-state index contributed by atoms with van der Waals surface area (Å²) in [6.07, 6.45) is -0.000505. The van der Waals surface area contributed by atoms with Crippen LogP contribution in [0.4, 0.5) is 10.5 Å². The Bertz CT molecular complexity index is 688. The second-order valence-corrected chi connectivity index (χ2v) is 10.8. The standard InChI is InChI=1S/C20H33N2O5P/c1-15(13-21-19(24)27-20(3,4)5)11-12-28(25,26)14-16(2)18(23)22-17-9-7-6-8-10-17/h6-10,15-16H,11-14H2,1-5H3,(H,21,24)(H,22,23)(H,25,26). The highest BCUT2D eigenvalue weighted by Crippen LogP contribution is 2.43. The van der Waals surface area contributed by atoms with E-state index in [-0.39, 0.29) is 24.1 Å². The maximum Gasteiger partial charge on any atom is 0.407 e. The number of carbonyl (C=O) groups excluding carboxylic acids is 2. The van der Waals surface area contributed by atoms with Gasteiger partial charge in [-0.05, 0) is 45.2 Å². The molecule has 158 valence electrons. The molecule has 28 heavy (non-hydrogen) atoms. The predicted molar refractivity (Wildman–Crippen MR) is 112 cm³/mol. The van der Waals surface area contributed by atoms with Gasteiger partial charge in [-0.25, -0.2) is 4.79 Å². The first kappa shape index (κ1) is 24.2. The third-order valence-electron chi connectivity index (χ3n) is 4.01. The van der Waals surface area contributed by atoms with E-state index in [1.54, 1.807) is 39.8 Å². The molecule has 1 rings (SSSR count). The maximum absolute atomic E-state index is 12.5. The first-order chi connectivity index (χ1) is 12.9. The molecule has 3 atom stereocenters. The third-order valence-corrected chi connectivity index (χ3v) is 6.09. The number of rotatable bonds is 9. The Morgan fingerprint density at radius 2 is 1.79 bits per heavy atom. The first-order valence-electron chi connectivity index (χ1n) is 9.51. The van der Waals surface area contributed by atoms with Gasteiger partial charge in [0, 0.05) is 30.5 Å². The topological polar surface area (TPSA) is 105 Å². The van der Waals surface area contributed by atoms with Crippen LogP contribution in [-0.2, 0) is 14.1 Å². The number of hydrogen-bond donors (Lipinski definition) is 3. The minimum atomic E-state index is -3.45. The molecule has 0 saturated carbocycles. The number of ether oxygens (including phenoxy) is 1. The van der Waals surface area contributed by atoms with Crippen molar-refractivity contribution < 1.29 is 23.8 Å². The van der Waals surface area contributed by atoms with Crippen LogP contribution in [0.5, 0.6) is 0 Å². The van der Waals surface area contributed by atoms with Crippen molar-refractivity contribution in [3.8, 4) is 0 Å². The molecule has 7 nitrogen and oxygen atoms in total. The van der Waals surface area contributed by atoms with Gasteiger partial charge in [0.2, 0.25) is 13.3 Å². The Hall–Kier alpha value is -1.85. The fraction of sp³-hybridized carbons (Fsp3) is 0.600. The molecule has 0 spiro atoms. The number of benzene rings is 1. The summed E-state index contributed by atoms with van der Waals surface area (Å²) in [5.41, 5.74) is 0.0962.